The van der Waals surface area contributed by atoms with E-state index >= 15 is 0 Å². The van der Waals surface area contributed by atoms with Crippen molar-refractivity contribution in [2.75, 3.05) is 25.4 Å². The van der Waals surface area contributed by atoms with Crippen LogP contribution in [0.1, 0.15) is 25.8 Å². The van der Waals surface area contributed by atoms with Gasteiger partial charge < -0.3 is 10.5 Å². The first-order chi connectivity index (χ1) is 9.90. The number of rotatable bonds is 8. The number of carbonyl (C=O) groups is 1. The normalized spacial score (nSPS) is 11.6. The third-order valence-electron chi connectivity index (χ3n) is 2.87. The minimum atomic E-state index is -3.62. The second kappa shape index (κ2) is 7.99. The second-order valence-corrected chi connectivity index (χ2v) is 6.56. The Balaban J connectivity index is 2.89. The third-order valence-corrected chi connectivity index (χ3v) is 4.64. The van der Waals surface area contributed by atoms with E-state index in [1.54, 1.807) is 31.2 Å². The Labute approximate surface area is 125 Å². The molecule has 0 heterocycles. The topological polar surface area (TPSA) is 89.7 Å². The van der Waals surface area contributed by atoms with Gasteiger partial charge in [-0.2, -0.15) is 4.31 Å². The summed E-state index contributed by atoms with van der Waals surface area (Å²) in [7, 11) is -3.62. The molecular formula is C14H22N2O4S. The van der Waals surface area contributed by atoms with Crippen molar-refractivity contribution in [3.63, 3.8) is 0 Å². The summed E-state index contributed by atoms with van der Waals surface area (Å²) in [6.45, 7) is 3.76. The van der Waals surface area contributed by atoms with Crippen LogP contribution < -0.4 is 5.73 Å². The van der Waals surface area contributed by atoms with Gasteiger partial charge in [0.2, 0.25) is 10.0 Å². The SMILES string of the molecule is CCCN(CC(=O)OCC)S(=O)(=O)Cc1ccccc1N. The number of nitrogens with zero attached hydrogens (tertiary/aromatic N) is 1. The van der Waals surface area contributed by atoms with Crippen LogP contribution in [0.3, 0.4) is 0 Å². The molecule has 21 heavy (non-hydrogen) atoms. The second-order valence-electron chi connectivity index (χ2n) is 4.59. The van der Waals surface area contributed by atoms with E-state index in [0.717, 1.165) is 4.31 Å². The van der Waals surface area contributed by atoms with Crippen molar-refractivity contribution in [2.24, 2.45) is 0 Å². The van der Waals surface area contributed by atoms with E-state index in [2.05, 4.69) is 0 Å². The smallest absolute Gasteiger partial charge is 0.321 e. The monoisotopic (exact) mass is 314 g/mol. The van der Waals surface area contributed by atoms with Crippen LogP contribution in [0.25, 0.3) is 0 Å². The highest BCUT2D eigenvalue weighted by Crippen LogP contribution is 2.17. The maximum atomic E-state index is 12.4. The largest absolute Gasteiger partial charge is 0.465 e. The molecule has 0 atom stereocenters. The van der Waals surface area contributed by atoms with Gasteiger partial charge in [0.1, 0.15) is 6.54 Å². The first-order valence-corrected chi connectivity index (χ1v) is 8.48. The van der Waals surface area contributed by atoms with Crippen LogP contribution in [0, 0.1) is 0 Å². The summed E-state index contributed by atoms with van der Waals surface area (Å²) in [6, 6.07) is 6.80. The van der Waals surface area contributed by atoms with E-state index in [-0.39, 0.29) is 25.4 Å². The Hall–Kier alpha value is -1.60. The van der Waals surface area contributed by atoms with Crippen LogP contribution in [0.4, 0.5) is 5.69 Å². The van der Waals surface area contributed by atoms with Gasteiger partial charge in [-0.3, -0.25) is 4.79 Å². The maximum Gasteiger partial charge on any atom is 0.321 e. The lowest BCUT2D eigenvalue weighted by molar-refractivity contribution is -0.143. The van der Waals surface area contributed by atoms with Gasteiger partial charge in [-0.1, -0.05) is 25.1 Å². The predicted octanol–water partition coefficient (Wildman–Crippen LogP) is 1.37. The molecule has 1 aromatic carbocycles. The summed E-state index contributed by atoms with van der Waals surface area (Å²) in [5.41, 5.74) is 6.73. The number of para-hydroxylation sites is 1. The highest BCUT2D eigenvalue weighted by Gasteiger charge is 2.25. The number of hydrogen-bond donors (Lipinski definition) is 1. The number of ether oxygens (including phenoxy) is 1. The molecule has 0 unspecified atom stereocenters. The fraction of sp³-hybridized carbons (Fsp3) is 0.500. The maximum absolute atomic E-state index is 12.4. The summed E-state index contributed by atoms with van der Waals surface area (Å²) in [6.07, 6.45) is 0.614. The average Bonchev–Trinajstić information content (AvgIpc) is 2.41. The van der Waals surface area contributed by atoms with E-state index in [4.69, 9.17) is 10.5 Å². The number of hydrogen-bond acceptors (Lipinski definition) is 5. The number of nitrogens with two attached hydrogens (primary N) is 1. The van der Waals surface area contributed by atoms with E-state index in [9.17, 15) is 13.2 Å². The molecule has 1 aromatic rings. The summed E-state index contributed by atoms with van der Waals surface area (Å²) in [4.78, 5) is 11.5. The third kappa shape index (κ3) is 5.35. The van der Waals surface area contributed by atoms with Crippen molar-refractivity contribution in [3.8, 4) is 0 Å². The van der Waals surface area contributed by atoms with Gasteiger partial charge >= 0.3 is 5.97 Å². The summed E-state index contributed by atoms with van der Waals surface area (Å²) < 4.78 is 30.9. The zero-order valence-corrected chi connectivity index (χ0v) is 13.2. The highest BCUT2D eigenvalue weighted by molar-refractivity contribution is 7.88. The van der Waals surface area contributed by atoms with Crippen LogP contribution in [0.15, 0.2) is 24.3 Å². The van der Waals surface area contributed by atoms with E-state index in [1.807, 2.05) is 6.92 Å². The van der Waals surface area contributed by atoms with E-state index in [1.165, 1.54) is 0 Å². The highest BCUT2D eigenvalue weighted by atomic mass is 32.2. The molecule has 7 heteroatoms. The van der Waals surface area contributed by atoms with Gasteiger partial charge in [-0.05, 0) is 25.0 Å². The molecule has 0 aliphatic heterocycles. The minimum Gasteiger partial charge on any atom is -0.465 e. The molecule has 0 spiro atoms. The molecule has 0 saturated heterocycles. The number of esters is 1. The molecule has 0 amide bonds. The molecule has 6 nitrogen and oxygen atoms in total. The number of carbonyl (C=O) groups excluding carboxylic acids is 1. The summed E-state index contributed by atoms with van der Waals surface area (Å²) in [5.74, 6) is -0.769. The predicted molar refractivity (Wildman–Crippen MR) is 82.0 cm³/mol. The van der Waals surface area contributed by atoms with E-state index < -0.39 is 16.0 Å². The Morgan fingerprint density at radius 3 is 2.52 bits per heavy atom. The molecule has 118 valence electrons. The van der Waals surface area contributed by atoms with Crippen molar-refractivity contribution >= 4 is 21.7 Å². The van der Waals surface area contributed by atoms with Gasteiger partial charge in [-0.15, -0.1) is 0 Å². The quantitative estimate of drug-likeness (QED) is 0.578. The molecule has 2 N–H and O–H groups in total. The molecule has 0 bridgehead atoms. The number of benzene rings is 1. The van der Waals surface area contributed by atoms with Gasteiger partial charge in [0.25, 0.3) is 0 Å². The van der Waals surface area contributed by atoms with Crippen LogP contribution >= 0.6 is 0 Å². The van der Waals surface area contributed by atoms with Crippen LogP contribution in [0.5, 0.6) is 0 Å². The zero-order chi connectivity index (χ0) is 15.9. The number of nitrogen functional groups attached to an aromatic ring is 1. The van der Waals surface area contributed by atoms with Gasteiger partial charge in [-0.25, -0.2) is 8.42 Å². The Morgan fingerprint density at radius 1 is 1.29 bits per heavy atom. The molecule has 0 aliphatic rings. The molecule has 0 radical (unpaired) electrons. The van der Waals surface area contributed by atoms with Crippen molar-refractivity contribution < 1.29 is 17.9 Å². The molecule has 1 rings (SSSR count). The summed E-state index contributed by atoms with van der Waals surface area (Å²) in [5, 5.41) is 0. The molecule has 0 saturated carbocycles. The van der Waals surface area contributed by atoms with Crippen LogP contribution in [-0.4, -0.2) is 38.4 Å². The van der Waals surface area contributed by atoms with Crippen molar-refractivity contribution in [1.82, 2.24) is 4.31 Å². The van der Waals surface area contributed by atoms with E-state index in [0.29, 0.717) is 17.7 Å². The van der Waals surface area contributed by atoms with Crippen molar-refractivity contribution in [1.29, 1.82) is 0 Å². The zero-order valence-electron chi connectivity index (χ0n) is 12.4. The van der Waals surface area contributed by atoms with Crippen molar-refractivity contribution in [2.45, 2.75) is 26.0 Å². The lowest BCUT2D eigenvalue weighted by Gasteiger charge is -2.21. The lowest BCUT2D eigenvalue weighted by Crippen LogP contribution is -2.37. The first kappa shape index (κ1) is 17.5. The van der Waals surface area contributed by atoms with Crippen LogP contribution in [0.2, 0.25) is 0 Å². The lowest BCUT2D eigenvalue weighted by atomic mass is 10.2. The molecule has 0 fully saturated rings. The summed E-state index contributed by atoms with van der Waals surface area (Å²) >= 11 is 0. The first-order valence-electron chi connectivity index (χ1n) is 6.87. The number of anilines is 1. The Kier molecular flexibility index (Phi) is 6.64. The van der Waals surface area contributed by atoms with Gasteiger partial charge in [0.15, 0.2) is 0 Å². The van der Waals surface area contributed by atoms with Gasteiger partial charge in [0.05, 0.1) is 12.4 Å². The Morgan fingerprint density at radius 2 is 1.95 bits per heavy atom. The molecule has 0 aromatic heterocycles. The molecule has 0 aliphatic carbocycles. The Bertz CT molecular complexity index is 572. The molecular weight excluding hydrogens is 292 g/mol. The van der Waals surface area contributed by atoms with Crippen LogP contribution in [-0.2, 0) is 25.3 Å². The van der Waals surface area contributed by atoms with Crippen molar-refractivity contribution in [3.05, 3.63) is 29.8 Å². The fourth-order valence-electron chi connectivity index (χ4n) is 1.87. The fourth-order valence-corrected chi connectivity index (χ4v) is 3.47. The standard InChI is InChI=1S/C14H22N2O4S/c1-3-9-16(10-14(17)20-4-2)21(18,19)11-12-7-5-6-8-13(12)15/h5-8H,3-4,9-11,15H2,1-2H3. The van der Waals surface area contributed by atoms with Gasteiger partial charge in [0, 0.05) is 12.2 Å². The minimum absolute atomic E-state index is 0.223. The average molecular weight is 314 g/mol. The number of sulfonamides is 1.